The smallest absolute Gasteiger partial charge is 0.452 e. The van der Waals surface area contributed by atoms with Gasteiger partial charge in [0.15, 0.2) is 5.65 Å². The zero-order chi connectivity index (χ0) is 37.1. The molecular weight excluding hydrogens is 695 g/mol. The Morgan fingerprint density at radius 1 is 1.08 bits per heavy atom. The molecule has 0 saturated carbocycles. The molecule has 0 amide bonds. The number of aliphatic carboxylic acids is 1. The van der Waals surface area contributed by atoms with Gasteiger partial charge in [-0.3, -0.25) is 9.20 Å². The van der Waals surface area contributed by atoms with Gasteiger partial charge in [0, 0.05) is 50.9 Å². The summed E-state index contributed by atoms with van der Waals surface area (Å²) in [6.45, 7) is 7.00. The fourth-order valence-electron chi connectivity index (χ4n) is 6.04. The highest BCUT2D eigenvalue weighted by atomic mass is 32.2. The van der Waals surface area contributed by atoms with Gasteiger partial charge in [-0.15, -0.1) is 10.2 Å². The van der Waals surface area contributed by atoms with Gasteiger partial charge in [0.1, 0.15) is 11.5 Å². The number of sulfonamides is 1. The van der Waals surface area contributed by atoms with E-state index < -0.39 is 39.3 Å². The number of carbonyl (C=O) groups is 1. The van der Waals surface area contributed by atoms with Crippen molar-refractivity contribution in [2.45, 2.75) is 64.1 Å². The molecule has 0 unspecified atom stereocenters. The second-order valence-electron chi connectivity index (χ2n) is 12.8. The highest BCUT2D eigenvalue weighted by Crippen LogP contribution is 2.44. The van der Waals surface area contributed by atoms with Crippen LogP contribution < -0.4 is 9.47 Å². The number of aliphatic hydroxyl groups is 1. The van der Waals surface area contributed by atoms with E-state index >= 15 is 0 Å². The van der Waals surface area contributed by atoms with Gasteiger partial charge in [-0.25, -0.2) is 8.42 Å². The number of ether oxygens (including phenoxy) is 3. The number of hydrogen-bond donors (Lipinski definition) is 2. The quantitative estimate of drug-likeness (QED) is 0.216. The Kier molecular flexibility index (Phi) is 11.2. The van der Waals surface area contributed by atoms with Crippen LogP contribution in [0.2, 0.25) is 0 Å². The summed E-state index contributed by atoms with van der Waals surface area (Å²) in [6, 6.07) is 9.47. The van der Waals surface area contributed by atoms with E-state index in [1.807, 2.05) is 0 Å². The fraction of sp³-hybridized carbons (Fsp3) is 0.471. The Morgan fingerprint density at radius 2 is 1.84 bits per heavy atom. The standard InChI is InChI=1S/C34H40F3N5O8S/c1-21-7-8-23(28(33(3,4)32(44)45)25-11-13-42-29(22(25)2)39-40-31(42)34(35,36)37)19-24(21)20-41-12-5-15-48-17-18-50-30-26(51(41,46)47)9-10-27(38-30)49-16-6-14-43/h7-11,13,19,28,43H,5-6,12,14-18,20H2,1-4H3,(H,44,45)/t28-/m0/s1. The highest BCUT2D eigenvalue weighted by molar-refractivity contribution is 7.89. The van der Waals surface area contributed by atoms with Crippen molar-refractivity contribution in [3.8, 4) is 11.8 Å². The van der Waals surface area contributed by atoms with Gasteiger partial charge in [-0.1, -0.05) is 18.2 Å². The molecular formula is C34H40F3N5O8S. The SMILES string of the molecule is Cc1ccc([C@@H](c2ccn3c(C(F)(F)F)nnc3c2C)C(C)(C)C(=O)O)cc1CN1CCCOCCOc2nc(OCCCO)ccc2S1(=O)=O. The van der Waals surface area contributed by atoms with Crippen LogP contribution in [-0.4, -0.2) is 88.1 Å². The summed E-state index contributed by atoms with van der Waals surface area (Å²) in [4.78, 5) is 16.8. The molecule has 0 radical (unpaired) electrons. The summed E-state index contributed by atoms with van der Waals surface area (Å²) in [7, 11) is -4.23. The Hall–Kier alpha value is -4.32. The van der Waals surface area contributed by atoms with E-state index in [9.17, 15) is 31.5 Å². The van der Waals surface area contributed by atoms with E-state index in [4.69, 9.17) is 19.3 Å². The Bertz CT molecular complexity index is 2000. The highest BCUT2D eigenvalue weighted by Gasteiger charge is 2.42. The summed E-state index contributed by atoms with van der Waals surface area (Å²) >= 11 is 0. The predicted molar refractivity (Wildman–Crippen MR) is 177 cm³/mol. The largest absolute Gasteiger partial charge is 0.481 e. The van der Waals surface area contributed by atoms with E-state index in [1.165, 1.54) is 42.5 Å². The van der Waals surface area contributed by atoms with E-state index in [2.05, 4.69) is 15.2 Å². The number of aliphatic hydroxyl groups excluding tert-OH is 1. The summed E-state index contributed by atoms with van der Waals surface area (Å²) < 4.78 is 88.5. The molecule has 0 saturated heterocycles. The minimum absolute atomic E-state index is 0.0507. The first kappa shape index (κ1) is 37.9. The van der Waals surface area contributed by atoms with Crippen molar-refractivity contribution >= 4 is 21.6 Å². The molecule has 0 bridgehead atoms. The topological polar surface area (TPSA) is 166 Å². The third-order valence-electron chi connectivity index (χ3n) is 8.89. The van der Waals surface area contributed by atoms with Crippen LogP contribution in [0.1, 0.15) is 66.2 Å². The number of hydrogen-bond acceptors (Lipinski definition) is 10. The zero-order valence-electron chi connectivity index (χ0n) is 28.6. The average molecular weight is 736 g/mol. The second-order valence-corrected chi connectivity index (χ2v) is 14.7. The molecule has 0 spiro atoms. The fourth-order valence-corrected chi connectivity index (χ4v) is 7.56. The summed E-state index contributed by atoms with van der Waals surface area (Å²) in [5.74, 6) is -3.27. The lowest BCUT2D eigenvalue weighted by Crippen LogP contribution is -2.34. The van der Waals surface area contributed by atoms with Crippen molar-refractivity contribution in [1.82, 2.24) is 23.9 Å². The van der Waals surface area contributed by atoms with Gasteiger partial charge < -0.3 is 24.4 Å². The number of rotatable bonds is 10. The van der Waals surface area contributed by atoms with Gasteiger partial charge in [0.25, 0.3) is 0 Å². The van der Waals surface area contributed by atoms with E-state index in [0.29, 0.717) is 35.1 Å². The summed E-state index contributed by atoms with van der Waals surface area (Å²) in [5.41, 5.74) is 1.04. The van der Waals surface area contributed by atoms with Crippen LogP contribution in [0, 0.1) is 19.3 Å². The third kappa shape index (κ3) is 7.95. The lowest BCUT2D eigenvalue weighted by molar-refractivity contribution is -0.147. The van der Waals surface area contributed by atoms with Crippen molar-refractivity contribution in [2.75, 3.05) is 39.6 Å². The molecule has 17 heteroatoms. The Balaban J connectivity index is 1.58. The van der Waals surface area contributed by atoms with E-state index in [0.717, 1.165) is 9.96 Å². The number of carboxylic acid groups (broad SMARTS) is 1. The first-order chi connectivity index (χ1) is 24.1. The van der Waals surface area contributed by atoms with Gasteiger partial charge in [0.05, 0.1) is 18.6 Å². The normalized spacial score (nSPS) is 16.5. The van der Waals surface area contributed by atoms with Crippen molar-refractivity contribution in [3.63, 3.8) is 0 Å². The molecule has 1 aliphatic heterocycles. The number of carboxylic acids is 1. The molecule has 1 aromatic carbocycles. The van der Waals surface area contributed by atoms with Crippen LogP contribution in [0.3, 0.4) is 0 Å². The van der Waals surface area contributed by atoms with Crippen molar-refractivity contribution < 1.29 is 50.8 Å². The lowest BCUT2D eigenvalue weighted by atomic mass is 9.70. The van der Waals surface area contributed by atoms with Crippen molar-refractivity contribution in [2.24, 2.45) is 5.41 Å². The summed E-state index contributed by atoms with van der Waals surface area (Å²) in [6.07, 6.45) is -2.85. The van der Waals surface area contributed by atoms with E-state index in [-0.39, 0.29) is 68.4 Å². The van der Waals surface area contributed by atoms with E-state index in [1.54, 1.807) is 32.0 Å². The first-order valence-electron chi connectivity index (χ1n) is 16.3. The first-order valence-corrected chi connectivity index (χ1v) is 17.7. The van der Waals surface area contributed by atoms with Crippen LogP contribution in [-0.2, 0) is 32.3 Å². The maximum Gasteiger partial charge on any atom is 0.452 e. The van der Waals surface area contributed by atoms with Gasteiger partial charge in [0.2, 0.25) is 27.6 Å². The molecule has 5 rings (SSSR count). The average Bonchev–Trinajstić information content (AvgIpc) is 3.51. The second kappa shape index (κ2) is 15.1. The number of halogens is 3. The van der Waals surface area contributed by atoms with Crippen LogP contribution in [0.25, 0.3) is 5.65 Å². The molecule has 3 aromatic heterocycles. The molecule has 13 nitrogen and oxygen atoms in total. The van der Waals surface area contributed by atoms with Gasteiger partial charge in [-0.2, -0.15) is 22.5 Å². The maximum absolute atomic E-state index is 14.3. The number of aryl methyl sites for hydroxylation is 2. The molecule has 4 aromatic rings. The number of benzene rings is 1. The number of fused-ring (bicyclic) bond motifs is 2. The minimum Gasteiger partial charge on any atom is -0.481 e. The molecule has 4 heterocycles. The Morgan fingerprint density at radius 3 is 2.55 bits per heavy atom. The predicted octanol–water partition coefficient (Wildman–Crippen LogP) is 4.75. The van der Waals surface area contributed by atoms with Gasteiger partial charge in [-0.05, 0) is 74.1 Å². The number of aromatic nitrogens is 4. The number of alkyl halides is 3. The summed E-state index contributed by atoms with van der Waals surface area (Å²) in [5, 5.41) is 26.6. The maximum atomic E-state index is 14.3. The zero-order valence-corrected chi connectivity index (χ0v) is 29.4. The van der Waals surface area contributed by atoms with Crippen LogP contribution >= 0.6 is 0 Å². The van der Waals surface area contributed by atoms with Gasteiger partial charge >= 0.3 is 12.1 Å². The molecule has 51 heavy (non-hydrogen) atoms. The van der Waals surface area contributed by atoms with Crippen molar-refractivity contribution in [1.29, 1.82) is 0 Å². The number of pyridine rings is 2. The molecule has 1 aliphatic rings. The molecule has 1 atom stereocenters. The third-order valence-corrected chi connectivity index (χ3v) is 10.7. The van der Waals surface area contributed by atoms with Crippen molar-refractivity contribution in [3.05, 3.63) is 76.2 Å². The minimum atomic E-state index is -4.76. The molecule has 0 fully saturated rings. The van der Waals surface area contributed by atoms with Crippen LogP contribution in [0.15, 0.2) is 47.5 Å². The van der Waals surface area contributed by atoms with Crippen LogP contribution in [0.4, 0.5) is 13.2 Å². The lowest BCUT2D eigenvalue weighted by Gasteiger charge is -2.33. The number of nitrogens with zero attached hydrogens (tertiary/aromatic N) is 5. The molecule has 0 aliphatic carbocycles. The molecule has 276 valence electrons. The van der Waals surface area contributed by atoms with Crippen LogP contribution in [0.5, 0.6) is 11.8 Å². The Labute approximate surface area is 293 Å². The monoisotopic (exact) mass is 735 g/mol. The molecule has 2 N–H and O–H groups in total.